The number of thioether (sulfide) groups is 1. The van der Waals surface area contributed by atoms with Gasteiger partial charge in [0.1, 0.15) is 6.61 Å². The molecule has 0 aromatic carbocycles. The summed E-state index contributed by atoms with van der Waals surface area (Å²) in [7, 11) is 0. The quantitative estimate of drug-likeness (QED) is 0.459. The average molecular weight is 216 g/mol. The molecular formula is C11H20O2S. The van der Waals surface area contributed by atoms with Crippen LogP contribution in [0.2, 0.25) is 0 Å². The van der Waals surface area contributed by atoms with Crippen molar-refractivity contribution >= 4 is 17.7 Å². The van der Waals surface area contributed by atoms with E-state index >= 15 is 0 Å². The Labute approximate surface area is 91.1 Å². The van der Waals surface area contributed by atoms with Crippen LogP contribution in [-0.2, 0) is 9.53 Å². The Morgan fingerprint density at radius 3 is 2.79 bits per heavy atom. The molecule has 3 heteroatoms. The molecule has 0 aliphatic carbocycles. The van der Waals surface area contributed by atoms with Crippen molar-refractivity contribution < 1.29 is 9.53 Å². The fourth-order valence-electron chi connectivity index (χ4n) is 0.953. The van der Waals surface area contributed by atoms with E-state index in [-0.39, 0.29) is 5.97 Å². The standard InChI is InChI=1S/C11H20O2S/c1-3-4-5-6-9-14-10-7-8-13-11(2)12/h7,10H,3-6,8-9H2,1-2H3. The molecule has 2 nitrogen and oxygen atoms in total. The topological polar surface area (TPSA) is 26.3 Å². The van der Waals surface area contributed by atoms with E-state index in [0.717, 1.165) is 5.75 Å². The van der Waals surface area contributed by atoms with Gasteiger partial charge < -0.3 is 4.74 Å². The number of hydrogen-bond donors (Lipinski definition) is 0. The smallest absolute Gasteiger partial charge is 0.302 e. The first-order chi connectivity index (χ1) is 6.77. The molecule has 0 amide bonds. The number of unbranched alkanes of at least 4 members (excludes halogenated alkanes) is 3. The SMILES string of the molecule is CCCCCCSC=CCOC(C)=O. The van der Waals surface area contributed by atoms with Crippen LogP contribution in [-0.4, -0.2) is 18.3 Å². The van der Waals surface area contributed by atoms with Gasteiger partial charge in [-0.05, 0) is 23.7 Å². The van der Waals surface area contributed by atoms with Crippen molar-refractivity contribution in [3.05, 3.63) is 11.5 Å². The van der Waals surface area contributed by atoms with Gasteiger partial charge in [-0.3, -0.25) is 4.79 Å². The summed E-state index contributed by atoms with van der Waals surface area (Å²) in [5.74, 6) is 0.943. The summed E-state index contributed by atoms with van der Waals surface area (Å²) in [5, 5.41) is 2.01. The average Bonchev–Trinajstić information content (AvgIpc) is 2.15. The molecule has 0 radical (unpaired) electrons. The number of rotatable bonds is 8. The van der Waals surface area contributed by atoms with Crippen molar-refractivity contribution in [3.8, 4) is 0 Å². The van der Waals surface area contributed by atoms with Crippen LogP contribution in [0.4, 0.5) is 0 Å². The van der Waals surface area contributed by atoms with Crippen LogP contribution in [0, 0.1) is 0 Å². The van der Waals surface area contributed by atoms with Crippen molar-refractivity contribution in [2.45, 2.75) is 39.5 Å². The van der Waals surface area contributed by atoms with Gasteiger partial charge in [0.25, 0.3) is 0 Å². The summed E-state index contributed by atoms with van der Waals surface area (Å²) in [6.07, 6.45) is 7.09. The van der Waals surface area contributed by atoms with Gasteiger partial charge in [-0.25, -0.2) is 0 Å². The predicted molar refractivity (Wildman–Crippen MR) is 62.4 cm³/mol. The van der Waals surface area contributed by atoms with Crippen LogP contribution in [0.1, 0.15) is 39.5 Å². The predicted octanol–water partition coefficient (Wildman–Crippen LogP) is 3.38. The maximum absolute atomic E-state index is 10.4. The molecule has 0 heterocycles. The summed E-state index contributed by atoms with van der Waals surface area (Å²) in [6.45, 7) is 4.04. The zero-order chi connectivity index (χ0) is 10.6. The lowest BCUT2D eigenvalue weighted by Crippen LogP contribution is -1.96. The van der Waals surface area contributed by atoms with Gasteiger partial charge in [0.15, 0.2) is 0 Å². The Kier molecular flexibility index (Phi) is 10.3. The van der Waals surface area contributed by atoms with E-state index in [0.29, 0.717) is 6.61 Å². The van der Waals surface area contributed by atoms with E-state index in [1.165, 1.54) is 32.6 Å². The molecule has 0 unspecified atom stereocenters. The molecule has 82 valence electrons. The maximum atomic E-state index is 10.4. The van der Waals surface area contributed by atoms with Crippen LogP contribution in [0.5, 0.6) is 0 Å². The molecule has 0 fully saturated rings. The summed E-state index contributed by atoms with van der Waals surface area (Å²) < 4.78 is 4.75. The van der Waals surface area contributed by atoms with E-state index in [1.54, 1.807) is 11.8 Å². The highest BCUT2D eigenvalue weighted by atomic mass is 32.2. The first kappa shape index (κ1) is 13.6. The van der Waals surface area contributed by atoms with Crippen molar-refractivity contribution in [2.24, 2.45) is 0 Å². The van der Waals surface area contributed by atoms with Crippen LogP contribution < -0.4 is 0 Å². The molecule has 0 bridgehead atoms. The fourth-order valence-corrected chi connectivity index (χ4v) is 1.67. The molecule has 0 saturated carbocycles. The Bertz CT molecular complexity index is 167. The number of carbonyl (C=O) groups excluding carboxylic acids is 1. The molecule has 14 heavy (non-hydrogen) atoms. The minimum Gasteiger partial charge on any atom is -0.462 e. The molecular weight excluding hydrogens is 196 g/mol. The van der Waals surface area contributed by atoms with E-state index in [9.17, 15) is 4.79 Å². The number of hydrogen-bond acceptors (Lipinski definition) is 3. The Morgan fingerprint density at radius 2 is 2.14 bits per heavy atom. The van der Waals surface area contributed by atoms with E-state index < -0.39 is 0 Å². The van der Waals surface area contributed by atoms with Gasteiger partial charge in [0, 0.05) is 6.92 Å². The van der Waals surface area contributed by atoms with Gasteiger partial charge in [-0.1, -0.05) is 26.2 Å². The lowest BCUT2D eigenvalue weighted by atomic mass is 10.2. The van der Waals surface area contributed by atoms with Crippen LogP contribution >= 0.6 is 11.8 Å². The highest BCUT2D eigenvalue weighted by molar-refractivity contribution is 8.02. The van der Waals surface area contributed by atoms with Crippen molar-refractivity contribution in [3.63, 3.8) is 0 Å². The third-order valence-electron chi connectivity index (χ3n) is 1.69. The molecule has 0 saturated heterocycles. The second-order valence-electron chi connectivity index (χ2n) is 3.11. The third-order valence-corrected chi connectivity index (χ3v) is 2.60. The summed E-state index contributed by atoms with van der Waals surface area (Å²) in [5.41, 5.74) is 0. The van der Waals surface area contributed by atoms with Gasteiger partial charge in [0.05, 0.1) is 0 Å². The minimum absolute atomic E-state index is 0.220. The largest absolute Gasteiger partial charge is 0.462 e. The lowest BCUT2D eigenvalue weighted by molar-refractivity contribution is -0.139. The minimum atomic E-state index is -0.220. The fraction of sp³-hybridized carbons (Fsp3) is 0.727. The number of ether oxygens (including phenoxy) is 1. The maximum Gasteiger partial charge on any atom is 0.302 e. The zero-order valence-corrected chi connectivity index (χ0v) is 9.94. The van der Waals surface area contributed by atoms with Crippen molar-refractivity contribution in [1.29, 1.82) is 0 Å². The second-order valence-corrected chi connectivity index (χ2v) is 4.12. The Morgan fingerprint density at radius 1 is 1.36 bits per heavy atom. The van der Waals surface area contributed by atoms with Gasteiger partial charge in [0.2, 0.25) is 0 Å². The van der Waals surface area contributed by atoms with Gasteiger partial charge in [-0.2, -0.15) is 0 Å². The molecule has 0 spiro atoms. The zero-order valence-electron chi connectivity index (χ0n) is 9.12. The highest BCUT2D eigenvalue weighted by Gasteiger charge is 1.88. The monoisotopic (exact) mass is 216 g/mol. The Hall–Kier alpha value is -0.440. The lowest BCUT2D eigenvalue weighted by Gasteiger charge is -1.96. The highest BCUT2D eigenvalue weighted by Crippen LogP contribution is 2.08. The van der Waals surface area contributed by atoms with Gasteiger partial charge in [-0.15, -0.1) is 11.8 Å². The normalized spacial score (nSPS) is 10.7. The number of esters is 1. The van der Waals surface area contributed by atoms with Gasteiger partial charge >= 0.3 is 5.97 Å². The van der Waals surface area contributed by atoms with Crippen molar-refractivity contribution in [1.82, 2.24) is 0 Å². The molecule has 0 atom stereocenters. The second kappa shape index (κ2) is 10.6. The molecule has 0 aliphatic rings. The van der Waals surface area contributed by atoms with Crippen LogP contribution in [0.15, 0.2) is 11.5 Å². The molecule has 0 N–H and O–H groups in total. The summed E-state index contributed by atoms with van der Waals surface area (Å²) >= 11 is 1.78. The van der Waals surface area contributed by atoms with Crippen molar-refractivity contribution in [2.75, 3.05) is 12.4 Å². The molecule has 0 aromatic heterocycles. The number of carbonyl (C=O) groups is 1. The first-order valence-electron chi connectivity index (χ1n) is 5.17. The molecule has 0 aliphatic heterocycles. The Balaban J connectivity index is 3.07. The molecule has 0 rings (SSSR count). The van der Waals surface area contributed by atoms with E-state index in [4.69, 9.17) is 4.74 Å². The first-order valence-corrected chi connectivity index (χ1v) is 6.22. The molecule has 0 aromatic rings. The summed E-state index contributed by atoms with van der Waals surface area (Å²) in [6, 6.07) is 0. The van der Waals surface area contributed by atoms with E-state index in [1.807, 2.05) is 11.5 Å². The van der Waals surface area contributed by atoms with Crippen LogP contribution in [0.25, 0.3) is 0 Å². The summed E-state index contributed by atoms with van der Waals surface area (Å²) in [4.78, 5) is 10.4. The van der Waals surface area contributed by atoms with Crippen LogP contribution in [0.3, 0.4) is 0 Å². The van der Waals surface area contributed by atoms with E-state index in [2.05, 4.69) is 6.92 Å². The third kappa shape index (κ3) is 11.6.